The van der Waals surface area contributed by atoms with Gasteiger partial charge in [-0.1, -0.05) is 11.8 Å². The molecule has 1 heterocycles. The van der Waals surface area contributed by atoms with E-state index in [2.05, 4.69) is 27.4 Å². The quantitative estimate of drug-likeness (QED) is 0.544. The van der Waals surface area contributed by atoms with E-state index in [9.17, 15) is 4.79 Å². The topological polar surface area (TPSA) is 93.0 Å². The van der Waals surface area contributed by atoms with Gasteiger partial charge in [-0.25, -0.2) is 4.79 Å². The Morgan fingerprint density at radius 3 is 2.89 bits per heavy atom. The number of rotatable bonds is 2. The van der Waals surface area contributed by atoms with Gasteiger partial charge < -0.3 is 15.8 Å². The number of anilines is 1. The number of nitrogens with zero attached hydrogens (tertiary/aromatic N) is 1. The third kappa shape index (κ3) is 5.25. The molecule has 0 aliphatic rings. The highest BCUT2D eigenvalue weighted by Gasteiger charge is 2.15. The number of nitrogen functional groups attached to an aromatic ring is 1. The van der Waals surface area contributed by atoms with Crippen LogP contribution in [-0.4, -0.2) is 28.4 Å². The summed E-state index contributed by atoms with van der Waals surface area (Å²) in [5, 5.41) is 8.95. The predicted molar refractivity (Wildman–Crippen MR) is 68.7 cm³/mol. The van der Waals surface area contributed by atoms with E-state index in [-0.39, 0.29) is 0 Å². The van der Waals surface area contributed by atoms with Gasteiger partial charge in [0.05, 0.1) is 11.8 Å². The first kappa shape index (κ1) is 13.9. The first-order chi connectivity index (χ1) is 8.38. The Balaban J connectivity index is 2.26. The Morgan fingerprint density at radius 2 is 2.33 bits per heavy atom. The van der Waals surface area contributed by atoms with Crippen LogP contribution < -0.4 is 11.1 Å². The zero-order valence-corrected chi connectivity index (χ0v) is 10.8. The summed E-state index contributed by atoms with van der Waals surface area (Å²) in [5.41, 5.74) is 5.74. The van der Waals surface area contributed by atoms with E-state index in [0.29, 0.717) is 24.3 Å². The van der Waals surface area contributed by atoms with Crippen molar-refractivity contribution in [3.8, 4) is 11.8 Å². The maximum absolute atomic E-state index is 11.3. The van der Waals surface area contributed by atoms with Crippen molar-refractivity contribution in [1.29, 1.82) is 0 Å². The number of amides is 1. The lowest BCUT2D eigenvalue weighted by atomic mass is 10.2. The van der Waals surface area contributed by atoms with Crippen molar-refractivity contribution < 1.29 is 9.53 Å². The number of aromatic nitrogens is 2. The van der Waals surface area contributed by atoms with E-state index in [1.165, 1.54) is 0 Å². The number of hydrogen-bond donors (Lipinski definition) is 3. The van der Waals surface area contributed by atoms with E-state index in [4.69, 9.17) is 10.5 Å². The molecule has 0 fully saturated rings. The largest absolute Gasteiger partial charge is 0.444 e. The molecule has 0 spiro atoms. The van der Waals surface area contributed by atoms with E-state index in [0.717, 1.165) is 0 Å². The monoisotopic (exact) mass is 250 g/mol. The molecular formula is C12H18N4O2. The molecule has 4 N–H and O–H groups in total. The SMILES string of the molecule is CC(C)(C)OC(=O)NCCC#Cc1cn[nH]c1N. The third-order valence-corrected chi connectivity index (χ3v) is 1.81. The molecule has 1 aromatic heterocycles. The summed E-state index contributed by atoms with van der Waals surface area (Å²) in [6, 6.07) is 0. The van der Waals surface area contributed by atoms with E-state index in [1.807, 2.05) is 20.8 Å². The van der Waals surface area contributed by atoms with Crippen LogP contribution >= 0.6 is 0 Å². The Labute approximate surface area is 106 Å². The highest BCUT2D eigenvalue weighted by molar-refractivity contribution is 5.67. The van der Waals surface area contributed by atoms with Crippen LogP contribution in [0, 0.1) is 11.8 Å². The van der Waals surface area contributed by atoms with E-state index >= 15 is 0 Å². The fourth-order valence-electron chi connectivity index (χ4n) is 1.09. The van der Waals surface area contributed by atoms with Gasteiger partial charge in [-0.2, -0.15) is 5.10 Å². The normalized spacial score (nSPS) is 10.4. The summed E-state index contributed by atoms with van der Waals surface area (Å²) in [7, 11) is 0. The number of carbonyl (C=O) groups excluding carboxylic acids is 1. The van der Waals surface area contributed by atoms with Crippen molar-refractivity contribution in [2.45, 2.75) is 32.8 Å². The van der Waals surface area contributed by atoms with Gasteiger partial charge in [-0.15, -0.1) is 0 Å². The zero-order chi connectivity index (χ0) is 13.6. The molecular weight excluding hydrogens is 232 g/mol. The molecule has 1 rings (SSSR count). The van der Waals surface area contributed by atoms with Crippen LogP contribution in [0.15, 0.2) is 6.20 Å². The molecule has 6 nitrogen and oxygen atoms in total. The Morgan fingerprint density at radius 1 is 1.61 bits per heavy atom. The number of hydrogen-bond acceptors (Lipinski definition) is 4. The van der Waals surface area contributed by atoms with Crippen molar-refractivity contribution in [3.05, 3.63) is 11.8 Å². The molecule has 0 aliphatic carbocycles. The van der Waals surface area contributed by atoms with E-state index in [1.54, 1.807) is 6.20 Å². The maximum atomic E-state index is 11.3. The number of ether oxygens (including phenoxy) is 1. The Kier molecular flexibility index (Phi) is 4.60. The van der Waals surface area contributed by atoms with Crippen LogP contribution in [0.4, 0.5) is 10.6 Å². The molecule has 0 unspecified atom stereocenters. The van der Waals surface area contributed by atoms with Crippen LogP contribution in [0.2, 0.25) is 0 Å². The van der Waals surface area contributed by atoms with Gasteiger partial charge >= 0.3 is 6.09 Å². The minimum atomic E-state index is -0.485. The average molecular weight is 250 g/mol. The summed E-state index contributed by atoms with van der Waals surface area (Å²) >= 11 is 0. The number of aromatic amines is 1. The number of alkyl carbamates (subject to hydrolysis) is 1. The molecule has 18 heavy (non-hydrogen) atoms. The molecule has 1 aromatic rings. The molecule has 1 amide bonds. The lowest BCUT2D eigenvalue weighted by Crippen LogP contribution is -2.32. The molecule has 0 aromatic carbocycles. The van der Waals surface area contributed by atoms with Gasteiger partial charge in [-0.3, -0.25) is 5.10 Å². The van der Waals surface area contributed by atoms with E-state index < -0.39 is 11.7 Å². The molecule has 0 saturated carbocycles. The number of nitrogens with two attached hydrogens (primary N) is 1. The fourth-order valence-corrected chi connectivity index (χ4v) is 1.09. The summed E-state index contributed by atoms with van der Waals surface area (Å²) in [6.07, 6.45) is 1.64. The Hall–Kier alpha value is -2.16. The van der Waals surface area contributed by atoms with Crippen LogP contribution in [0.25, 0.3) is 0 Å². The highest BCUT2D eigenvalue weighted by Crippen LogP contribution is 2.06. The molecule has 6 heteroatoms. The highest BCUT2D eigenvalue weighted by atomic mass is 16.6. The molecule has 0 radical (unpaired) electrons. The van der Waals surface area contributed by atoms with Crippen LogP contribution in [0.5, 0.6) is 0 Å². The van der Waals surface area contributed by atoms with Crippen molar-refractivity contribution in [1.82, 2.24) is 15.5 Å². The Bertz CT molecular complexity index is 462. The summed E-state index contributed by atoms with van der Waals surface area (Å²) in [6.45, 7) is 5.87. The van der Waals surface area contributed by atoms with Crippen LogP contribution in [-0.2, 0) is 4.74 Å². The van der Waals surface area contributed by atoms with Gasteiger partial charge in [-0.05, 0) is 20.8 Å². The molecule has 98 valence electrons. The van der Waals surface area contributed by atoms with Crippen molar-refractivity contribution in [2.75, 3.05) is 12.3 Å². The second kappa shape index (κ2) is 5.96. The van der Waals surface area contributed by atoms with Crippen molar-refractivity contribution >= 4 is 11.9 Å². The molecule has 0 aliphatic heterocycles. The van der Waals surface area contributed by atoms with Gasteiger partial charge in [0.2, 0.25) is 0 Å². The fraction of sp³-hybridized carbons (Fsp3) is 0.500. The van der Waals surface area contributed by atoms with Crippen molar-refractivity contribution in [3.63, 3.8) is 0 Å². The van der Waals surface area contributed by atoms with Gasteiger partial charge in [0.1, 0.15) is 11.4 Å². The minimum absolute atomic E-state index is 0.430. The first-order valence-electron chi connectivity index (χ1n) is 5.63. The van der Waals surface area contributed by atoms with Crippen LogP contribution in [0.3, 0.4) is 0 Å². The predicted octanol–water partition coefficient (Wildman–Crippen LogP) is 1.26. The number of H-pyrrole nitrogens is 1. The van der Waals surface area contributed by atoms with Gasteiger partial charge in [0.25, 0.3) is 0 Å². The summed E-state index contributed by atoms with van der Waals surface area (Å²) < 4.78 is 5.08. The van der Waals surface area contributed by atoms with Crippen LogP contribution in [0.1, 0.15) is 32.8 Å². The second-order valence-electron chi connectivity index (χ2n) is 4.68. The lowest BCUT2D eigenvalue weighted by molar-refractivity contribution is 0.0529. The average Bonchev–Trinajstić information content (AvgIpc) is 2.61. The lowest BCUT2D eigenvalue weighted by Gasteiger charge is -2.19. The third-order valence-electron chi connectivity index (χ3n) is 1.81. The number of nitrogens with one attached hydrogen (secondary N) is 2. The summed E-state index contributed by atoms with van der Waals surface area (Å²) in [4.78, 5) is 11.3. The maximum Gasteiger partial charge on any atom is 0.407 e. The second-order valence-corrected chi connectivity index (χ2v) is 4.68. The molecule has 0 saturated heterocycles. The zero-order valence-electron chi connectivity index (χ0n) is 10.8. The van der Waals surface area contributed by atoms with Gasteiger partial charge in [0, 0.05) is 13.0 Å². The standard InChI is InChI=1S/C12H18N4O2/c1-12(2,3)18-11(17)14-7-5-4-6-9-8-15-16-10(9)13/h8H,5,7H2,1-3H3,(H,14,17)(H3,13,15,16). The smallest absolute Gasteiger partial charge is 0.407 e. The number of carbonyl (C=O) groups is 1. The van der Waals surface area contributed by atoms with Gasteiger partial charge in [0.15, 0.2) is 0 Å². The molecule has 0 bridgehead atoms. The first-order valence-corrected chi connectivity index (χ1v) is 5.63. The minimum Gasteiger partial charge on any atom is -0.444 e. The van der Waals surface area contributed by atoms with Crippen molar-refractivity contribution in [2.24, 2.45) is 0 Å². The molecule has 0 atom stereocenters. The summed E-state index contributed by atoms with van der Waals surface area (Å²) in [5.74, 6) is 6.19.